The number of nitriles is 1. The second-order valence-corrected chi connectivity index (χ2v) is 9.06. The molecule has 6 nitrogen and oxygen atoms in total. The van der Waals surface area contributed by atoms with E-state index in [1.807, 2.05) is 49.4 Å². The van der Waals surface area contributed by atoms with Crippen LogP contribution >= 0.6 is 11.6 Å². The minimum atomic E-state index is -0.721. The fourth-order valence-corrected chi connectivity index (χ4v) is 4.39. The summed E-state index contributed by atoms with van der Waals surface area (Å²) in [5.41, 5.74) is 3.64. The van der Waals surface area contributed by atoms with Gasteiger partial charge in [0.25, 0.3) is 0 Å². The average Bonchev–Trinajstić information content (AvgIpc) is 2.82. The van der Waals surface area contributed by atoms with Gasteiger partial charge >= 0.3 is 11.9 Å². The summed E-state index contributed by atoms with van der Waals surface area (Å²) in [4.78, 5) is 26.5. The van der Waals surface area contributed by atoms with Crippen molar-refractivity contribution in [1.29, 1.82) is 5.26 Å². The number of nitrogens with one attached hydrogen (secondary N) is 1. The molecule has 0 amide bonds. The number of halogens is 1. The van der Waals surface area contributed by atoms with Gasteiger partial charge in [-0.1, -0.05) is 61.0 Å². The van der Waals surface area contributed by atoms with E-state index in [1.54, 1.807) is 32.0 Å². The molecule has 0 saturated heterocycles. The maximum absolute atomic E-state index is 13.4. The van der Waals surface area contributed by atoms with Gasteiger partial charge in [-0.15, -0.1) is 0 Å². The van der Waals surface area contributed by atoms with Gasteiger partial charge in [-0.25, -0.2) is 9.59 Å². The summed E-state index contributed by atoms with van der Waals surface area (Å²) < 4.78 is 11.1. The molecule has 0 fully saturated rings. The summed E-state index contributed by atoms with van der Waals surface area (Å²) in [6, 6.07) is 19.0. The van der Waals surface area contributed by atoms with Gasteiger partial charge in [-0.05, 0) is 49.4 Å². The molecule has 1 aliphatic rings. The van der Waals surface area contributed by atoms with Gasteiger partial charge in [0.15, 0.2) is 0 Å². The molecule has 7 heteroatoms. The lowest BCUT2D eigenvalue weighted by molar-refractivity contribution is -0.140. The van der Waals surface area contributed by atoms with Crippen LogP contribution in [0.5, 0.6) is 0 Å². The molecule has 0 radical (unpaired) electrons. The summed E-state index contributed by atoms with van der Waals surface area (Å²) in [7, 11) is 0. The monoisotopic (exact) mass is 492 g/mol. The highest BCUT2D eigenvalue weighted by molar-refractivity contribution is 6.30. The number of esters is 2. The molecule has 1 heterocycles. The van der Waals surface area contributed by atoms with Gasteiger partial charge in [-0.3, -0.25) is 0 Å². The van der Waals surface area contributed by atoms with Crippen molar-refractivity contribution in [3.63, 3.8) is 0 Å². The Kier molecular flexibility index (Phi) is 9.11. The van der Waals surface area contributed by atoms with Gasteiger partial charge in [0.05, 0.1) is 36.2 Å². The number of nitrogens with zero attached hydrogens (tertiary/aromatic N) is 1. The van der Waals surface area contributed by atoms with Crippen molar-refractivity contribution < 1.29 is 19.1 Å². The Morgan fingerprint density at radius 1 is 1.03 bits per heavy atom. The third-order valence-electron chi connectivity index (χ3n) is 5.76. The summed E-state index contributed by atoms with van der Waals surface area (Å²) >= 11 is 6.26. The Bertz CT molecular complexity index is 1180. The van der Waals surface area contributed by atoms with Crippen LogP contribution in [0.25, 0.3) is 0 Å². The average molecular weight is 493 g/mol. The molecule has 2 aromatic carbocycles. The molecule has 35 heavy (non-hydrogen) atoms. The van der Waals surface area contributed by atoms with Crippen LogP contribution in [0.15, 0.2) is 77.1 Å². The van der Waals surface area contributed by atoms with E-state index in [1.165, 1.54) is 5.56 Å². The SMILES string of the molecule is CC1=C(C(=O)OCCC#N)C(c2cccc(Cl)c2)C(C(=O)OCC(C)Cc2ccccc2)=C(C)N1. The predicted molar refractivity (Wildman–Crippen MR) is 134 cm³/mol. The third kappa shape index (κ3) is 6.74. The zero-order valence-electron chi connectivity index (χ0n) is 20.1. The second-order valence-electron chi connectivity index (χ2n) is 8.63. The Morgan fingerprint density at radius 2 is 1.69 bits per heavy atom. The number of carbonyl (C=O) groups is 2. The molecule has 1 N–H and O–H groups in total. The van der Waals surface area contributed by atoms with E-state index in [-0.39, 0.29) is 25.6 Å². The van der Waals surface area contributed by atoms with Crippen molar-refractivity contribution in [3.8, 4) is 6.07 Å². The zero-order chi connectivity index (χ0) is 25.4. The fraction of sp³-hybridized carbons (Fsp3) is 0.321. The van der Waals surface area contributed by atoms with Gasteiger partial charge in [0.1, 0.15) is 6.61 Å². The van der Waals surface area contributed by atoms with E-state index in [9.17, 15) is 9.59 Å². The molecular weight excluding hydrogens is 464 g/mol. The van der Waals surface area contributed by atoms with Crippen LogP contribution in [-0.4, -0.2) is 25.2 Å². The van der Waals surface area contributed by atoms with Crippen molar-refractivity contribution >= 4 is 23.5 Å². The van der Waals surface area contributed by atoms with Crippen LogP contribution in [0.2, 0.25) is 5.02 Å². The Morgan fingerprint density at radius 3 is 2.31 bits per heavy atom. The molecule has 0 aromatic heterocycles. The van der Waals surface area contributed by atoms with Crippen molar-refractivity contribution in [1.82, 2.24) is 5.32 Å². The minimum absolute atomic E-state index is 0.0339. The number of dihydropyridines is 1. The molecule has 0 bridgehead atoms. The van der Waals surface area contributed by atoms with Gasteiger partial charge in [0.2, 0.25) is 0 Å². The number of hydrogen-bond donors (Lipinski definition) is 1. The van der Waals surface area contributed by atoms with Gasteiger partial charge < -0.3 is 14.8 Å². The van der Waals surface area contributed by atoms with Crippen LogP contribution < -0.4 is 5.32 Å². The quantitative estimate of drug-likeness (QED) is 0.369. The molecular formula is C28H29ClN2O4. The molecule has 2 unspecified atom stereocenters. The van der Waals surface area contributed by atoms with E-state index in [4.69, 9.17) is 26.3 Å². The number of rotatable bonds is 9. The van der Waals surface area contributed by atoms with Crippen LogP contribution in [-0.2, 0) is 25.5 Å². The molecule has 0 saturated carbocycles. The lowest BCUT2D eigenvalue weighted by atomic mass is 9.80. The first kappa shape index (κ1) is 26.1. The Labute approximate surface area is 211 Å². The molecule has 3 rings (SSSR count). The summed E-state index contributed by atoms with van der Waals surface area (Å²) in [5.74, 6) is -1.71. The van der Waals surface area contributed by atoms with E-state index in [0.29, 0.717) is 33.1 Å². The van der Waals surface area contributed by atoms with Crippen molar-refractivity contribution in [3.05, 3.63) is 93.3 Å². The number of hydrogen-bond acceptors (Lipinski definition) is 6. The van der Waals surface area contributed by atoms with Crippen LogP contribution in [0.4, 0.5) is 0 Å². The fourth-order valence-electron chi connectivity index (χ4n) is 4.19. The van der Waals surface area contributed by atoms with E-state index in [2.05, 4.69) is 5.32 Å². The van der Waals surface area contributed by atoms with E-state index in [0.717, 1.165) is 6.42 Å². The van der Waals surface area contributed by atoms with Crippen molar-refractivity contribution in [2.75, 3.05) is 13.2 Å². The molecule has 182 valence electrons. The van der Waals surface area contributed by atoms with Crippen LogP contribution in [0.1, 0.15) is 44.2 Å². The number of carbonyl (C=O) groups excluding carboxylic acids is 2. The summed E-state index contributed by atoms with van der Waals surface area (Å²) in [5, 5.41) is 12.4. The normalized spacial score (nSPS) is 16.3. The first-order chi connectivity index (χ1) is 16.8. The largest absolute Gasteiger partial charge is 0.462 e. The highest BCUT2D eigenvalue weighted by atomic mass is 35.5. The van der Waals surface area contributed by atoms with Gasteiger partial charge in [-0.2, -0.15) is 5.26 Å². The molecule has 2 atom stereocenters. The lowest BCUT2D eigenvalue weighted by Gasteiger charge is -2.30. The second kappa shape index (κ2) is 12.2. The Hall–Kier alpha value is -3.56. The van der Waals surface area contributed by atoms with Crippen molar-refractivity contribution in [2.45, 2.75) is 39.5 Å². The first-order valence-electron chi connectivity index (χ1n) is 11.5. The first-order valence-corrected chi connectivity index (χ1v) is 11.9. The Balaban J connectivity index is 1.87. The number of benzene rings is 2. The van der Waals surface area contributed by atoms with E-state index >= 15 is 0 Å². The molecule has 2 aromatic rings. The number of allylic oxidation sites excluding steroid dienone is 2. The zero-order valence-corrected chi connectivity index (χ0v) is 20.9. The number of ether oxygens (including phenoxy) is 2. The maximum Gasteiger partial charge on any atom is 0.336 e. The summed E-state index contributed by atoms with van der Waals surface area (Å²) in [6.45, 7) is 5.76. The third-order valence-corrected chi connectivity index (χ3v) is 5.99. The van der Waals surface area contributed by atoms with Crippen molar-refractivity contribution in [2.24, 2.45) is 5.92 Å². The van der Waals surface area contributed by atoms with Crippen LogP contribution in [0, 0.1) is 17.2 Å². The highest BCUT2D eigenvalue weighted by Gasteiger charge is 2.38. The molecule has 1 aliphatic heterocycles. The standard InChI is InChI=1S/C28H29ClN2O4/c1-18(15-21-9-5-4-6-10-21)17-35-28(33)25-20(3)31-19(2)24(27(32)34-14-8-13-30)26(25)22-11-7-12-23(29)16-22/h4-7,9-12,16,18,26,31H,8,14-15,17H2,1-3H3. The highest BCUT2D eigenvalue weighted by Crippen LogP contribution is 2.40. The summed E-state index contributed by atoms with van der Waals surface area (Å²) in [6.07, 6.45) is 0.855. The smallest absolute Gasteiger partial charge is 0.336 e. The predicted octanol–water partition coefficient (Wildman–Crippen LogP) is 5.45. The van der Waals surface area contributed by atoms with Crippen LogP contribution in [0.3, 0.4) is 0 Å². The van der Waals surface area contributed by atoms with E-state index < -0.39 is 17.9 Å². The lowest BCUT2D eigenvalue weighted by Crippen LogP contribution is -2.33. The maximum atomic E-state index is 13.4. The minimum Gasteiger partial charge on any atom is -0.462 e. The molecule has 0 aliphatic carbocycles. The molecule has 0 spiro atoms. The topological polar surface area (TPSA) is 88.4 Å². The van der Waals surface area contributed by atoms with Gasteiger partial charge in [0, 0.05) is 16.4 Å².